The van der Waals surface area contributed by atoms with Gasteiger partial charge in [-0.15, -0.1) is 11.3 Å². The molecule has 0 saturated carbocycles. The normalized spacial score (nSPS) is 10.6. The van der Waals surface area contributed by atoms with Crippen molar-refractivity contribution in [3.05, 3.63) is 69.7 Å². The molecule has 0 aliphatic rings. The smallest absolute Gasteiger partial charge is 0.266 e. The Morgan fingerprint density at radius 3 is 2.38 bits per heavy atom. The Kier molecular flexibility index (Phi) is 6.67. The number of benzene rings is 2. The van der Waals surface area contributed by atoms with Gasteiger partial charge in [0.15, 0.2) is 0 Å². The van der Waals surface area contributed by atoms with E-state index in [1.165, 1.54) is 21.8 Å². The number of likely N-dealkylation sites (N-methyl/N-ethyl adjacent to an activating group) is 1. The van der Waals surface area contributed by atoms with Crippen LogP contribution in [0, 0.1) is 6.92 Å². The average Bonchev–Trinajstić information content (AvgIpc) is 3.10. The Bertz CT molecular complexity index is 1010. The number of nitrogens with one attached hydrogen (secondary N) is 1. The number of thiazole rings is 1. The molecule has 1 N–H and O–H groups in total. The van der Waals surface area contributed by atoms with Crippen molar-refractivity contribution in [2.45, 2.75) is 20.3 Å². The summed E-state index contributed by atoms with van der Waals surface area (Å²) in [6.45, 7) is 3.87. The van der Waals surface area contributed by atoms with Gasteiger partial charge in [0.2, 0.25) is 5.91 Å². The third kappa shape index (κ3) is 5.22. The van der Waals surface area contributed by atoms with E-state index in [1.807, 2.05) is 19.1 Å². The highest BCUT2D eigenvalue weighted by atomic mass is 35.5. The van der Waals surface area contributed by atoms with E-state index < -0.39 is 0 Å². The van der Waals surface area contributed by atoms with E-state index in [1.54, 1.807) is 31.3 Å². The summed E-state index contributed by atoms with van der Waals surface area (Å²) in [5, 5.41) is 4.15. The minimum absolute atomic E-state index is 0.0562. The van der Waals surface area contributed by atoms with Gasteiger partial charge in [-0.3, -0.25) is 9.59 Å². The number of carbonyl (C=O) groups excluding carboxylic acids is 2. The van der Waals surface area contributed by atoms with E-state index in [2.05, 4.69) is 29.4 Å². The van der Waals surface area contributed by atoms with Gasteiger partial charge < -0.3 is 10.2 Å². The molecular weight excluding hydrogens is 406 g/mol. The van der Waals surface area contributed by atoms with Crippen LogP contribution in [-0.4, -0.2) is 35.3 Å². The highest BCUT2D eigenvalue weighted by molar-refractivity contribution is 7.17. The second-order valence-corrected chi connectivity index (χ2v) is 8.14. The minimum Gasteiger partial charge on any atom is -0.332 e. The Hall–Kier alpha value is -2.70. The number of nitrogens with zero attached hydrogens (tertiary/aromatic N) is 2. The van der Waals surface area contributed by atoms with Gasteiger partial charge in [-0.25, -0.2) is 4.98 Å². The minimum atomic E-state index is -0.277. The highest BCUT2D eigenvalue weighted by Crippen LogP contribution is 2.29. The molecule has 29 heavy (non-hydrogen) atoms. The number of halogens is 1. The molecule has 0 bridgehead atoms. The fourth-order valence-corrected chi connectivity index (χ4v) is 3.99. The van der Waals surface area contributed by atoms with E-state index in [-0.39, 0.29) is 18.4 Å². The second kappa shape index (κ2) is 9.20. The lowest BCUT2D eigenvalue weighted by atomic mass is 10.1. The fourth-order valence-electron chi connectivity index (χ4n) is 2.80. The van der Waals surface area contributed by atoms with Crippen LogP contribution < -0.4 is 5.32 Å². The first-order valence-electron chi connectivity index (χ1n) is 9.25. The summed E-state index contributed by atoms with van der Waals surface area (Å²) in [5.41, 5.74) is 3.54. The Labute approximate surface area is 179 Å². The van der Waals surface area contributed by atoms with Crippen LogP contribution in [0.15, 0.2) is 48.5 Å². The van der Waals surface area contributed by atoms with Crippen molar-refractivity contribution in [1.82, 2.24) is 9.88 Å². The number of aromatic nitrogens is 1. The monoisotopic (exact) mass is 427 g/mol. The van der Waals surface area contributed by atoms with E-state index in [0.717, 1.165) is 17.0 Å². The maximum atomic E-state index is 12.8. The van der Waals surface area contributed by atoms with E-state index in [9.17, 15) is 9.59 Å². The van der Waals surface area contributed by atoms with Crippen LogP contribution in [0.1, 0.15) is 27.9 Å². The number of carbonyl (C=O) groups is 2. The van der Waals surface area contributed by atoms with Gasteiger partial charge in [-0.1, -0.05) is 42.8 Å². The zero-order valence-electron chi connectivity index (χ0n) is 16.5. The lowest BCUT2D eigenvalue weighted by Crippen LogP contribution is -2.34. The van der Waals surface area contributed by atoms with Crippen LogP contribution in [0.3, 0.4) is 0 Å². The molecule has 1 aromatic heterocycles. The SMILES string of the molecule is CCc1ccc(-c2nc(C)c(C(=O)N(C)CC(=O)Nc3ccc(Cl)cc3)s2)cc1. The Morgan fingerprint density at radius 2 is 1.76 bits per heavy atom. The molecule has 3 aromatic rings. The lowest BCUT2D eigenvalue weighted by molar-refractivity contribution is -0.116. The topological polar surface area (TPSA) is 62.3 Å². The van der Waals surface area contributed by atoms with E-state index in [4.69, 9.17) is 11.6 Å². The zero-order chi connectivity index (χ0) is 21.0. The van der Waals surface area contributed by atoms with Crippen LogP contribution in [0.2, 0.25) is 5.02 Å². The van der Waals surface area contributed by atoms with Crippen LogP contribution in [0.25, 0.3) is 10.6 Å². The fraction of sp³-hybridized carbons (Fsp3) is 0.227. The molecule has 1 heterocycles. The van der Waals surface area contributed by atoms with Crippen molar-refractivity contribution in [2.24, 2.45) is 0 Å². The maximum Gasteiger partial charge on any atom is 0.266 e. The van der Waals surface area contributed by atoms with Crippen molar-refractivity contribution >= 4 is 40.4 Å². The van der Waals surface area contributed by atoms with Crippen molar-refractivity contribution in [2.75, 3.05) is 18.9 Å². The first kappa shape index (κ1) is 21.0. The van der Waals surface area contributed by atoms with E-state index in [0.29, 0.717) is 21.3 Å². The molecule has 0 aliphatic heterocycles. The molecule has 2 amide bonds. The van der Waals surface area contributed by atoms with Crippen LogP contribution in [-0.2, 0) is 11.2 Å². The standard InChI is InChI=1S/C22H22ClN3O2S/c1-4-15-5-7-16(8-6-15)21-24-14(2)20(29-21)22(28)26(3)13-19(27)25-18-11-9-17(23)10-12-18/h5-12H,4,13H2,1-3H3,(H,25,27). The molecule has 0 radical (unpaired) electrons. The van der Waals surface area contributed by atoms with E-state index >= 15 is 0 Å². The summed E-state index contributed by atoms with van der Waals surface area (Å²) in [6.07, 6.45) is 0.976. The molecule has 5 nitrogen and oxygen atoms in total. The number of hydrogen-bond donors (Lipinski definition) is 1. The molecule has 2 aromatic carbocycles. The molecule has 7 heteroatoms. The summed E-state index contributed by atoms with van der Waals surface area (Å²) >= 11 is 7.19. The highest BCUT2D eigenvalue weighted by Gasteiger charge is 2.21. The molecule has 0 unspecified atom stereocenters. The van der Waals surface area contributed by atoms with Gasteiger partial charge in [0.1, 0.15) is 9.88 Å². The maximum absolute atomic E-state index is 12.8. The summed E-state index contributed by atoms with van der Waals surface area (Å²) < 4.78 is 0. The molecule has 150 valence electrons. The number of amides is 2. The quantitative estimate of drug-likeness (QED) is 0.599. The number of hydrogen-bond acceptors (Lipinski definition) is 4. The third-order valence-corrected chi connectivity index (χ3v) is 5.90. The van der Waals surface area contributed by atoms with Crippen LogP contribution >= 0.6 is 22.9 Å². The van der Waals surface area contributed by atoms with Gasteiger partial charge in [0.05, 0.1) is 12.2 Å². The van der Waals surface area contributed by atoms with Crippen molar-refractivity contribution in [1.29, 1.82) is 0 Å². The van der Waals surface area contributed by atoms with Gasteiger partial charge in [0.25, 0.3) is 5.91 Å². The molecule has 0 atom stereocenters. The lowest BCUT2D eigenvalue weighted by Gasteiger charge is -2.16. The molecular formula is C22H22ClN3O2S. The molecule has 3 rings (SSSR count). The first-order chi connectivity index (χ1) is 13.9. The first-order valence-corrected chi connectivity index (χ1v) is 10.4. The summed E-state index contributed by atoms with van der Waals surface area (Å²) in [6, 6.07) is 15.0. The van der Waals surface area contributed by atoms with Gasteiger partial charge in [-0.2, -0.15) is 0 Å². The van der Waals surface area contributed by atoms with Crippen LogP contribution in [0.5, 0.6) is 0 Å². The summed E-state index contributed by atoms with van der Waals surface area (Å²) in [4.78, 5) is 31.6. The van der Waals surface area contributed by atoms with Crippen molar-refractivity contribution in [3.63, 3.8) is 0 Å². The predicted octanol–water partition coefficient (Wildman–Crippen LogP) is 5.05. The number of aryl methyl sites for hydroxylation is 2. The molecule has 0 aliphatic carbocycles. The molecule has 0 fully saturated rings. The number of rotatable bonds is 6. The zero-order valence-corrected chi connectivity index (χ0v) is 18.1. The summed E-state index contributed by atoms with van der Waals surface area (Å²) in [7, 11) is 1.61. The van der Waals surface area contributed by atoms with Gasteiger partial charge in [0, 0.05) is 23.3 Å². The van der Waals surface area contributed by atoms with Crippen molar-refractivity contribution < 1.29 is 9.59 Å². The largest absolute Gasteiger partial charge is 0.332 e. The third-order valence-electron chi connectivity index (χ3n) is 4.46. The molecule has 0 saturated heterocycles. The second-order valence-electron chi connectivity index (χ2n) is 6.70. The Morgan fingerprint density at radius 1 is 1.10 bits per heavy atom. The van der Waals surface area contributed by atoms with Gasteiger partial charge in [-0.05, 0) is 43.2 Å². The molecule has 0 spiro atoms. The van der Waals surface area contributed by atoms with Crippen LogP contribution in [0.4, 0.5) is 5.69 Å². The summed E-state index contributed by atoms with van der Waals surface area (Å²) in [5.74, 6) is -0.497. The van der Waals surface area contributed by atoms with Gasteiger partial charge >= 0.3 is 0 Å². The number of anilines is 1. The Balaban J connectivity index is 1.68. The average molecular weight is 428 g/mol. The predicted molar refractivity (Wildman–Crippen MR) is 119 cm³/mol. The van der Waals surface area contributed by atoms with Crippen molar-refractivity contribution in [3.8, 4) is 10.6 Å².